The summed E-state index contributed by atoms with van der Waals surface area (Å²) >= 11 is 1.79. The Morgan fingerprint density at radius 1 is 1.38 bits per heavy atom. The van der Waals surface area contributed by atoms with Crippen LogP contribution in [0.25, 0.3) is 0 Å². The second-order valence-electron chi connectivity index (χ2n) is 7.49. The molecule has 1 amide bonds. The highest BCUT2D eigenvalue weighted by Gasteiger charge is 2.63. The van der Waals surface area contributed by atoms with E-state index in [4.69, 9.17) is 10.5 Å². The summed E-state index contributed by atoms with van der Waals surface area (Å²) in [6, 6.07) is 4.26. The zero-order valence-electron chi connectivity index (χ0n) is 15.0. The fourth-order valence-corrected chi connectivity index (χ4v) is 4.56. The molecule has 2 aliphatic rings. The maximum Gasteiger partial charge on any atom is 0.243 e. The summed E-state index contributed by atoms with van der Waals surface area (Å²) in [6.07, 6.45) is 0.707. The lowest BCUT2D eigenvalue weighted by Crippen LogP contribution is -2.76. The van der Waals surface area contributed by atoms with Crippen LogP contribution < -0.4 is 5.73 Å². The topological polar surface area (TPSA) is 58.8 Å². The van der Waals surface area contributed by atoms with Crippen molar-refractivity contribution in [3.63, 3.8) is 0 Å². The lowest BCUT2D eigenvalue weighted by atomic mass is 9.54. The van der Waals surface area contributed by atoms with E-state index in [1.807, 2.05) is 11.8 Å². The number of hydrogen-bond acceptors (Lipinski definition) is 5. The fraction of sp³-hybridized carbons (Fsp3) is 0.722. The van der Waals surface area contributed by atoms with E-state index < -0.39 is 5.54 Å². The molecule has 2 atom stereocenters. The van der Waals surface area contributed by atoms with E-state index in [1.54, 1.807) is 11.3 Å². The molecule has 24 heavy (non-hydrogen) atoms. The van der Waals surface area contributed by atoms with Crippen LogP contribution in [0.15, 0.2) is 17.5 Å². The summed E-state index contributed by atoms with van der Waals surface area (Å²) in [4.78, 5) is 18.8. The molecule has 6 heteroatoms. The molecule has 1 aromatic heterocycles. The molecule has 2 unspecified atom stereocenters. The molecular weight excluding hydrogens is 322 g/mol. The largest absolute Gasteiger partial charge is 0.378 e. The predicted octanol–water partition coefficient (Wildman–Crippen LogP) is 1.92. The van der Waals surface area contributed by atoms with Gasteiger partial charge in [0.15, 0.2) is 0 Å². The van der Waals surface area contributed by atoms with Crippen molar-refractivity contribution >= 4 is 17.2 Å². The van der Waals surface area contributed by atoms with Crippen molar-refractivity contribution in [1.29, 1.82) is 0 Å². The highest BCUT2D eigenvalue weighted by atomic mass is 32.1. The quantitative estimate of drug-likeness (QED) is 0.881. The van der Waals surface area contributed by atoms with Gasteiger partial charge in [-0.05, 0) is 18.4 Å². The Morgan fingerprint density at radius 3 is 2.62 bits per heavy atom. The zero-order chi connectivity index (χ0) is 17.4. The van der Waals surface area contributed by atoms with Crippen molar-refractivity contribution in [2.75, 3.05) is 32.8 Å². The molecule has 1 aliphatic carbocycles. The number of hydrogen-bond donors (Lipinski definition) is 1. The second kappa shape index (κ2) is 6.75. The summed E-state index contributed by atoms with van der Waals surface area (Å²) in [5, 5.41) is 2.11. The van der Waals surface area contributed by atoms with Gasteiger partial charge in [0, 0.05) is 56.0 Å². The third kappa shape index (κ3) is 3.01. The number of carbonyl (C=O) groups excluding carboxylic acids is 1. The molecule has 1 saturated heterocycles. The van der Waals surface area contributed by atoms with Crippen molar-refractivity contribution in [2.45, 2.75) is 45.4 Å². The van der Waals surface area contributed by atoms with Gasteiger partial charge in [-0.3, -0.25) is 9.69 Å². The van der Waals surface area contributed by atoms with Crippen molar-refractivity contribution in [1.82, 2.24) is 9.80 Å². The predicted molar refractivity (Wildman–Crippen MR) is 96.9 cm³/mol. The van der Waals surface area contributed by atoms with E-state index in [1.165, 1.54) is 4.88 Å². The molecule has 5 nitrogen and oxygen atoms in total. The Hall–Kier alpha value is -0.950. The molecule has 1 aliphatic heterocycles. The highest BCUT2D eigenvalue weighted by molar-refractivity contribution is 7.09. The van der Waals surface area contributed by atoms with Crippen LogP contribution in [0, 0.1) is 5.41 Å². The molecule has 1 aromatic rings. The van der Waals surface area contributed by atoms with Crippen LogP contribution in [0.4, 0.5) is 0 Å². The van der Waals surface area contributed by atoms with E-state index in [0.717, 1.165) is 32.7 Å². The number of amides is 1. The van der Waals surface area contributed by atoms with Gasteiger partial charge < -0.3 is 15.4 Å². The van der Waals surface area contributed by atoms with Gasteiger partial charge in [0.05, 0.1) is 6.10 Å². The molecular formula is C18H29N3O2S. The average Bonchev–Trinajstić information content (AvgIpc) is 3.07. The van der Waals surface area contributed by atoms with Crippen LogP contribution in [0.1, 0.15) is 32.1 Å². The first-order valence-electron chi connectivity index (χ1n) is 8.83. The highest BCUT2D eigenvalue weighted by Crippen LogP contribution is 2.50. The van der Waals surface area contributed by atoms with Gasteiger partial charge in [-0.1, -0.05) is 19.9 Å². The van der Waals surface area contributed by atoms with Crippen LogP contribution in [-0.2, 0) is 16.1 Å². The van der Waals surface area contributed by atoms with Gasteiger partial charge in [-0.2, -0.15) is 0 Å². The number of thiophene rings is 1. The molecule has 0 aromatic carbocycles. The SMILES string of the molecule is CCOC1CC(N)(C(=O)N2CCN(Cc3cccs3)CC2)C1(C)C. The zero-order valence-corrected chi connectivity index (χ0v) is 15.8. The van der Waals surface area contributed by atoms with E-state index in [2.05, 4.69) is 36.3 Å². The van der Waals surface area contributed by atoms with Gasteiger partial charge in [-0.25, -0.2) is 0 Å². The van der Waals surface area contributed by atoms with Gasteiger partial charge >= 0.3 is 0 Å². The summed E-state index contributed by atoms with van der Waals surface area (Å²) in [7, 11) is 0. The van der Waals surface area contributed by atoms with Crippen molar-refractivity contribution in [2.24, 2.45) is 11.1 Å². The van der Waals surface area contributed by atoms with Crippen LogP contribution in [0.2, 0.25) is 0 Å². The summed E-state index contributed by atoms with van der Waals surface area (Å²) in [6.45, 7) is 11.1. The summed E-state index contributed by atoms with van der Waals surface area (Å²) in [5.41, 5.74) is 5.44. The molecule has 2 fully saturated rings. The van der Waals surface area contributed by atoms with E-state index in [0.29, 0.717) is 13.0 Å². The molecule has 1 saturated carbocycles. The third-order valence-electron chi connectivity index (χ3n) is 5.83. The summed E-state index contributed by atoms with van der Waals surface area (Å²) in [5.74, 6) is 0.0965. The standard InChI is InChI=1S/C18H29N3O2S/c1-4-23-15-12-18(19,17(15,2)3)16(22)21-9-7-20(8-10-21)13-14-6-5-11-24-14/h5-6,11,15H,4,7-10,12-13,19H2,1-3H3. The van der Waals surface area contributed by atoms with E-state index in [9.17, 15) is 4.79 Å². The number of rotatable bonds is 5. The van der Waals surface area contributed by atoms with Gasteiger partial charge in [0.1, 0.15) is 5.54 Å². The van der Waals surface area contributed by atoms with Crippen molar-refractivity contribution < 1.29 is 9.53 Å². The minimum absolute atomic E-state index is 0.0802. The van der Waals surface area contributed by atoms with Crippen molar-refractivity contribution in [3.05, 3.63) is 22.4 Å². The summed E-state index contributed by atoms with van der Waals surface area (Å²) < 4.78 is 5.74. The van der Waals surface area contributed by atoms with Crippen molar-refractivity contribution in [3.8, 4) is 0 Å². The van der Waals surface area contributed by atoms with Gasteiger partial charge in [-0.15, -0.1) is 11.3 Å². The maximum absolute atomic E-state index is 13.0. The molecule has 3 rings (SSSR count). The first kappa shape index (κ1) is 17.9. The second-order valence-corrected chi connectivity index (χ2v) is 8.52. The first-order chi connectivity index (χ1) is 11.4. The molecule has 0 spiro atoms. The van der Waals surface area contributed by atoms with Crippen LogP contribution in [0.3, 0.4) is 0 Å². The first-order valence-corrected chi connectivity index (χ1v) is 9.71. The Bertz CT molecular complexity index is 567. The Morgan fingerprint density at radius 2 is 2.08 bits per heavy atom. The smallest absolute Gasteiger partial charge is 0.243 e. The lowest BCUT2D eigenvalue weighted by Gasteiger charge is -2.59. The number of nitrogens with two attached hydrogens (primary N) is 1. The van der Waals surface area contributed by atoms with Crippen LogP contribution in [-0.4, -0.2) is 60.1 Å². The number of piperazine rings is 1. The Balaban J connectivity index is 1.55. The average molecular weight is 352 g/mol. The number of ether oxygens (including phenoxy) is 1. The Kier molecular flexibility index (Phi) is 5.02. The third-order valence-corrected chi connectivity index (χ3v) is 6.69. The molecule has 2 N–H and O–H groups in total. The number of carbonyl (C=O) groups is 1. The molecule has 2 heterocycles. The van der Waals surface area contributed by atoms with Crippen LogP contribution in [0.5, 0.6) is 0 Å². The normalized spacial score (nSPS) is 30.2. The molecule has 0 radical (unpaired) electrons. The molecule has 0 bridgehead atoms. The van der Waals surface area contributed by atoms with Gasteiger partial charge in [0.2, 0.25) is 5.91 Å². The fourth-order valence-electron chi connectivity index (χ4n) is 3.81. The minimum atomic E-state index is -0.789. The van der Waals surface area contributed by atoms with Gasteiger partial charge in [0.25, 0.3) is 0 Å². The Labute approximate surface area is 148 Å². The number of nitrogens with zero attached hydrogens (tertiary/aromatic N) is 2. The minimum Gasteiger partial charge on any atom is -0.378 e. The maximum atomic E-state index is 13.0. The van der Waals surface area contributed by atoms with Crippen LogP contribution >= 0.6 is 11.3 Å². The lowest BCUT2D eigenvalue weighted by molar-refractivity contribution is -0.180. The van der Waals surface area contributed by atoms with E-state index in [-0.39, 0.29) is 17.4 Å². The van der Waals surface area contributed by atoms with E-state index >= 15 is 0 Å². The molecule has 134 valence electrons. The monoisotopic (exact) mass is 351 g/mol.